The molecule has 2 heterocycles. The minimum atomic E-state index is -1.85. The lowest BCUT2D eigenvalue weighted by Crippen LogP contribution is -2.65. The van der Waals surface area contributed by atoms with Crippen molar-refractivity contribution in [2.45, 2.75) is 61.4 Å². The van der Waals surface area contributed by atoms with Gasteiger partial charge in [-0.2, -0.15) is 0 Å². The molecule has 0 saturated carbocycles. The van der Waals surface area contributed by atoms with Gasteiger partial charge >= 0.3 is 5.97 Å². The van der Waals surface area contributed by atoms with Gasteiger partial charge in [-0.05, 0) is 23.8 Å². The van der Waals surface area contributed by atoms with Crippen molar-refractivity contribution in [3.8, 4) is 11.5 Å². The lowest BCUT2D eigenvalue weighted by atomic mass is 9.97. The number of aliphatic hydroxyl groups is 7. The van der Waals surface area contributed by atoms with Crippen LogP contribution in [0.5, 0.6) is 11.5 Å². The Morgan fingerprint density at radius 1 is 0.944 bits per heavy atom. The zero-order valence-electron chi connectivity index (χ0n) is 19.1. The van der Waals surface area contributed by atoms with Gasteiger partial charge in [0.05, 0.1) is 20.3 Å². The first-order valence-electron chi connectivity index (χ1n) is 10.9. The highest BCUT2D eigenvalue weighted by atomic mass is 16.7. The molecule has 0 aliphatic carbocycles. The number of carbonyl (C=O) groups is 1. The van der Waals surface area contributed by atoms with Crippen LogP contribution >= 0.6 is 0 Å². The zero-order valence-corrected chi connectivity index (χ0v) is 19.1. The van der Waals surface area contributed by atoms with Gasteiger partial charge in [0, 0.05) is 6.08 Å². The van der Waals surface area contributed by atoms with Crippen molar-refractivity contribution < 1.29 is 69.3 Å². The number of methoxy groups -OCH3 is 1. The number of esters is 1. The van der Waals surface area contributed by atoms with Gasteiger partial charge in [0.2, 0.25) is 0 Å². The Bertz CT molecular complexity index is 909. The number of ether oxygens (including phenoxy) is 5. The minimum absolute atomic E-state index is 0.113. The molecule has 8 N–H and O–H groups in total. The van der Waals surface area contributed by atoms with Crippen LogP contribution in [0.4, 0.5) is 0 Å². The van der Waals surface area contributed by atoms with Gasteiger partial charge in [-0.25, -0.2) is 4.79 Å². The van der Waals surface area contributed by atoms with Gasteiger partial charge in [0.25, 0.3) is 0 Å². The van der Waals surface area contributed by atoms with E-state index in [2.05, 4.69) is 0 Å². The van der Waals surface area contributed by atoms with Crippen molar-refractivity contribution >= 4 is 12.0 Å². The summed E-state index contributed by atoms with van der Waals surface area (Å²) in [5.74, 6) is -0.970. The van der Waals surface area contributed by atoms with E-state index in [0.717, 1.165) is 6.08 Å². The molecule has 1 aromatic carbocycles. The first kappa shape index (κ1) is 28.2. The summed E-state index contributed by atoms with van der Waals surface area (Å²) in [5.41, 5.74) is 0.452. The van der Waals surface area contributed by atoms with Gasteiger partial charge in [-0.1, -0.05) is 6.07 Å². The largest absolute Gasteiger partial charge is 0.504 e. The van der Waals surface area contributed by atoms with Crippen molar-refractivity contribution in [2.75, 3.05) is 20.3 Å². The van der Waals surface area contributed by atoms with E-state index in [1.165, 1.54) is 31.4 Å². The molecule has 2 saturated heterocycles. The molecule has 36 heavy (non-hydrogen) atoms. The Labute approximate surface area is 205 Å². The summed E-state index contributed by atoms with van der Waals surface area (Å²) < 4.78 is 26.0. The molecule has 202 valence electrons. The van der Waals surface area contributed by atoms with E-state index in [1.54, 1.807) is 0 Å². The van der Waals surface area contributed by atoms with Gasteiger partial charge in [0.15, 0.2) is 30.2 Å². The van der Waals surface area contributed by atoms with Gasteiger partial charge in [0.1, 0.15) is 42.7 Å². The van der Waals surface area contributed by atoms with Gasteiger partial charge in [-0.15, -0.1) is 0 Å². The van der Waals surface area contributed by atoms with Crippen molar-refractivity contribution in [3.05, 3.63) is 29.8 Å². The number of benzene rings is 1. The second-order valence-corrected chi connectivity index (χ2v) is 8.20. The van der Waals surface area contributed by atoms with Crippen LogP contribution in [-0.4, -0.2) is 129 Å². The fraction of sp³-hybridized carbons (Fsp3) is 0.591. The second-order valence-electron chi connectivity index (χ2n) is 8.20. The van der Waals surface area contributed by atoms with Crippen LogP contribution in [0.25, 0.3) is 6.08 Å². The number of hydrogen-bond acceptors (Lipinski definition) is 14. The van der Waals surface area contributed by atoms with Gasteiger partial charge < -0.3 is 64.5 Å². The molecule has 0 spiro atoms. The van der Waals surface area contributed by atoms with E-state index in [9.17, 15) is 45.6 Å². The zero-order chi connectivity index (χ0) is 26.6. The molecule has 14 nitrogen and oxygen atoms in total. The van der Waals surface area contributed by atoms with E-state index in [-0.39, 0.29) is 11.5 Å². The summed E-state index contributed by atoms with van der Waals surface area (Å²) in [6.07, 6.45) is -14.4. The molecule has 0 amide bonds. The predicted octanol–water partition coefficient (Wildman–Crippen LogP) is -3.42. The van der Waals surface area contributed by atoms with Crippen molar-refractivity contribution in [3.63, 3.8) is 0 Å². The van der Waals surface area contributed by atoms with Crippen molar-refractivity contribution in [1.29, 1.82) is 0 Å². The summed E-state index contributed by atoms with van der Waals surface area (Å²) in [7, 11) is 1.35. The molecule has 0 aromatic heterocycles. The fourth-order valence-corrected chi connectivity index (χ4v) is 3.81. The van der Waals surface area contributed by atoms with Crippen LogP contribution in [-0.2, 0) is 23.7 Å². The van der Waals surface area contributed by atoms with Crippen LogP contribution in [0.3, 0.4) is 0 Å². The van der Waals surface area contributed by atoms with E-state index in [1.807, 2.05) is 0 Å². The summed E-state index contributed by atoms with van der Waals surface area (Å²) in [6.45, 7) is -1.50. The third-order valence-corrected chi connectivity index (χ3v) is 5.82. The third-order valence-electron chi connectivity index (χ3n) is 5.82. The molecule has 2 aliphatic rings. The van der Waals surface area contributed by atoms with Gasteiger partial charge in [-0.3, -0.25) is 0 Å². The van der Waals surface area contributed by atoms with Crippen LogP contribution < -0.4 is 4.74 Å². The molecular weight excluding hydrogens is 488 g/mol. The standard InChI is InChI=1S/C22H30O14/c1-32-11-6-9(2-4-10(11)25)3-5-14(26)35-20-17(29)15(27)12(7-23)34-22(20)36-19-16(28)13(8-24)33-21(31)18(19)30/h2-6,12-13,15-25,27-31H,7-8H2,1H3/b5-3+/t12-,13-,15-,16+,17+,18-,19+,20-,21-,22+/m1/s1. The number of carbonyl (C=O) groups excluding carboxylic acids is 1. The summed E-state index contributed by atoms with van der Waals surface area (Å²) in [4.78, 5) is 12.5. The van der Waals surface area contributed by atoms with Crippen LogP contribution in [0, 0.1) is 0 Å². The Balaban J connectivity index is 1.79. The maximum atomic E-state index is 12.5. The molecule has 1 aromatic rings. The lowest BCUT2D eigenvalue weighted by molar-refractivity contribution is -0.356. The molecular formula is C22H30O14. The highest BCUT2D eigenvalue weighted by molar-refractivity contribution is 5.87. The Morgan fingerprint density at radius 3 is 2.25 bits per heavy atom. The third kappa shape index (κ3) is 6.12. The monoisotopic (exact) mass is 518 g/mol. The first-order chi connectivity index (χ1) is 17.1. The molecule has 0 radical (unpaired) electrons. The normalized spacial score (nSPS) is 37.1. The average Bonchev–Trinajstić information content (AvgIpc) is 2.87. The molecule has 2 fully saturated rings. The smallest absolute Gasteiger partial charge is 0.331 e. The molecule has 3 rings (SSSR count). The Kier molecular flexibility index (Phi) is 9.59. The molecule has 10 atom stereocenters. The SMILES string of the molecule is COc1cc(/C=C/C(=O)O[C@H]2[C@H](O[C@@H]3[C@@H](O)[C@H](O)O[C@H](CO)[C@@H]3O)O[C@H](CO)[C@@H](O)[C@@H]2O)ccc1O. The molecule has 0 bridgehead atoms. The first-order valence-corrected chi connectivity index (χ1v) is 10.9. The summed E-state index contributed by atoms with van der Waals surface area (Å²) in [5, 5.41) is 79.8. The molecule has 14 heteroatoms. The maximum Gasteiger partial charge on any atom is 0.331 e. The van der Waals surface area contributed by atoms with E-state index < -0.39 is 80.6 Å². The Hall–Kier alpha value is -2.37. The molecule has 2 aliphatic heterocycles. The Morgan fingerprint density at radius 2 is 1.61 bits per heavy atom. The maximum absolute atomic E-state index is 12.5. The number of aromatic hydroxyl groups is 1. The highest BCUT2D eigenvalue weighted by Crippen LogP contribution is 2.30. The average molecular weight is 518 g/mol. The van der Waals surface area contributed by atoms with Crippen LogP contribution in [0.2, 0.25) is 0 Å². The number of hydrogen-bond donors (Lipinski definition) is 8. The summed E-state index contributed by atoms with van der Waals surface area (Å²) in [6, 6.07) is 4.27. The fourth-order valence-electron chi connectivity index (χ4n) is 3.81. The number of rotatable bonds is 8. The van der Waals surface area contributed by atoms with Crippen LogP contribution in [0.1, 0.15) is 5.56 Å². The van der Waals surface area contributed by atoms with Crippen LogP contribution in [0.15, 0.2) is 24.3 Å². The van der Waals surface area contributed by atoms with E-state index in [0.29, 0.717) is 5.56 Å². The predicted molar refractivity (Wildman–Crippen MR) is 116 cm³/mol. The van der Waals surface area contributed by atoms with Crippen molar-refractivity contribution in [2.24, 2.45) is 0 Å². The second kappa shape index (κ2) is 12.2. The minimum Gasteiger partial charge on any atom is -0.504 e. The van der Waals surface area contributed by atoms with E-state index in [4.69, 9.17) is 23.7 Å². The molecule has 0 unspecified atom stereocenters. The lowest BCUT2D eigenvalue weighted by Gasteiger charge is -2.45. The highest BCUT2D eigenvalue weighted by Gasteiger charge is 2.51. The van der Waals surface area contributed by atoms with E-state index >= 15 is 0 Å². The number of phenolic OH excluding ortho intramolecular Hbond substituents is 1. The topological polar surface area (TPSA) is 225 Å². The number of phenols is 1. The van der Waals surface area contributed by atoms with Crippen molar-refractivity contribution in [1.82, 2.24) is 0 Å². The quantitative estimate of drug-likeness (QED) is 0.124. The number of aliphatic hydroxyl groups excluding tert-OH is 7. The summed E-state index contributed by atoms with van der Waals surface area (Å²) >= 11 is 0.